The average molecular weight is 238 g/mol. The molecule has 0 N–H and O–H groups in total. The van der Waals surface area contributed by atoms with E-state index in [-0.39, 0.29) is 11.4 Å². The Morgan fingerprint density at radius 1 is 1.12 bits per heavy atom. The van der Waals surface area contributed by atoms with Crippen LogP contribution >= 0.6 is 0 Å². The molecule has 1 unspecified atom stereocenters. The third-order valence-electron chi connectivity index (χ3n) is 4.29. The van der Waals surface area contributed by atoms with Crippen molar-refractivity contribution in [3.8, 4) is 0 Å². The van der Waals surface area contributed by atoms with Crippen LogP contribution < -0.4 is 0 Å². The monoisotopic (exact) mass is 238 g/mol. The molecule has 94 valence electrons. The molecule has 3 aliphatic rings. The Bertz CT molecular complexity index is 356. The van der Waals surface area contributed by atoms with E-state index in [0.717, 1.165) is 25.7 Å². The van der Waals surface area contributed by atoms with Crippen LogP contribution in [0.1, 0.15) is 32.1 Å². The number of carbonyl (C=O) groups excluding carboxylic acids is 1. The summed E-state index contributed by atoms with van der Waals surface area (Å²) >= 11 is 0. The highest BCUT2D eigenvalue weighted by Gasteiger charge is 2.59. The minimum atomic E-state index is -0.533. The molecule has 2 spiro atoms. The topological polar surface area (TPSA) is 44.8 Å². The van der Waals surface area contributed by atoms with Crippen molar-refractivity contribution in [3.05, 3.63) is 12.2 Å². The van der Waals surface area contributed by atoms with Crippen molar-refractivity contribution < 1.29 is 19.0 Å². The predicted molar refractivity (Wildman–Crippen MR) is 60.3 cm³/mol. The van der Waals surface area contributed by atoms with E-state index >= 15 is 0 Å². The molecule has 2 saturated heterocycles. The van der Waals surface area contributed by atoms with E-state index in [1.165, 1.54) is 0 Å². The number of ether oxygens (including phenoxy) is 3. The van der Waals surface area contributed by atoms with Crippen molar-refractivity contribution in [1.82, 2.24) is 0 Å². The summed E-state index contributed by atoms with van der Waals surface area (Å²) in [5.41, 5.74) is 0.351. The molecule has 1 saturated carbocycles. The maximum atomic E-state index is 11.4. The lowest BCUT2D eigenvalue weighted by molar-refractivity contribution is -0.271. The van der Waals surface area contributed by atoms with Crippen LogP contribution in [0.15, 0.2) is 12.2 Å². The number of cyclic esters (lactones) is 1. The van der Waals surface area contributed by atoms with Gasteiger partial charge in [-0.05, 0) is 19.3 Å². The smallest absolute Gasteiger partial charge is 0.333 e. The van der Waals surface area contributed by atoms with E-state index < -0.39 is 5.79 Å². The quantitative estimate of drug-likeness (QED) is 0.477. The van der Waals surface area contributed by atoms with Crippen LogP contribution in [-0.4, -0.2) is 31.6 Å². The molecule has 17 heavy (non-hydrogen) atoms. The molecule has 2 aliphatic heterocycles. The molecule has 1 aliphatic carbocycles. The van der Waals surface area contributed by atoms with Gasteiger partial charge in [-0.25, -0.2) is 4.79 Å². The number of fused-ring (bicyclic) bond motifs is 1. The van der Waals surface area contributed by atoms with Crippen molar-refractivity contribution in [3.63, 3.8) is 0 Å². The summed E-state index contributed by atoms with van der Waals surface area (Å²) < 4.78 is 17.1. The van der Waals surface area contributed by atoms with Gasteiger partial charge in [-0.15, -0.1) is 0 Å². The molecule has 0 radical (unpaired) electrons. The summed E-state index contributed by atoms with van der Waals surface area (Å²) in [4.78, 5) is 11.4. The second-order valence-corrected chi connectivity index (χ2v) is 5.29. The number of rotatable bonds is 0. The van der Waals surface area contributed by atoms with Gasteiger partial charge in [-0.3, -0.25) is 0 Å². The fourth-order valence-corrected chi connectivity index (χ4v) is 3.42. The highest BCUT2D eigenvalue weighted by Crippen LogP contribution is 2.54. The van der Waals surface area contributed by atoms with Gasteiger partial charge in [-0.1, -0.05) is 13.0 Å². The van der Waals surface area contributed by atoms with Crippen LogP contribution in [0, 0.1) is 5.41 Å². The first-order valence-electron chi connectivity index (χ1n) is 6.30. The SMILES string of the molecule is C=C1CC2(CCCCC23OCCO3)COC1=O. The molecule has 0 aromatic heterocycles. The van der Waals surface area contributed by atoms with Crippen molar-refractivity contribution in [2.24, 2.45) is 5.41 Å². The fourth-order valence-electron chi connectivity index (χ4n) is 3.42. The normalized spacial score (nSPS) is 36.5. The van der Waals surface area contributed by atoms with E-state index in [1.54, 1.807) is 0 Å². The Hall–Kier alpha value is -0.870. The van der Waals surface area contributed by atoms with E-state index in [0.29, 0.717) is 31.8 Å². The summed E-state index contributed by atoms with van der Waals surface area (Å²) in [6.07, 6.45) is 4.78. The van der Waals surface area contributed by atoms with Gasteiger partial charge in [-0.2, -0.15) is 0 Å². The Balaban J connectivity index is 1.92. The van der Waals surface area contributed by atoms with Crippen LogP contribution in [0.4, 0.5) is 0 Å². The molecule has 1 atom stereocenters. The highest BCUT2D eigenvalue weighted by molar-refractivity contribution is 5.88. The summed E-state index contributed by atoms with van der Waals surface area (Å²) in [6.45, 7) is 5.50. The highest BCUT2D eigenvalue weighted by atomic mass is 16.7. The predicted octanol–water partition coefficient (Wildman–Crippen LogP) is 1.79. The summed E-state index contributed by atoms with van der Waals surface area (Å²) in [5.74, 6) is -0.802. The minimum Gasteiger partial charge on any atom is -0.462 e. The molecule has 0 aromatic carbocycles. The Labute approximate surface area is 101 Å². The third-order valence-corrected chi connectivity index (χ3v) is 4.29. The van der Waals surface area contributed by atoms with Crippen molar-refractivity contribution in [1.29, 1.82) is 0 Å². The molecule has 4 nitrogen and oxygen atoms in total. The van der Waals surface area contributed by atoms with Gasteiger partial charge in [0.15, 0.2) is 5.79 Å². The number of esters is 1. The number of carbonyl (C=O) groups is 1. The maximum absolute atomic E-state index is 11.4. The van der Waals surface area contributed by atoms with E-state index in [4.69, 9.17) is 14.2 Å². The molecule has 0 bridgehead atoms. The van der Waals surface area contributed by atoms with Gasteiger partial charge in [0.25, 0.3) is 0 Å². The number of hydrogen-bond donors (Lipinski definition) is 0. The zero-order valence-corrected chi connectivity index (χ0v) is 10.00. The second-order valence-electron chi connectivity index (χ2n) is 5.29. The first kappa shape index (κ1) is 11.2. The second kappa shape index (κ2) is 3.82. The van der Waals surface area contributed by atoms with Gasteiger partial charge in [0.05, 0.1) is 18.6 Å². The fraction of sp³-hybridized carbons (Fsp3) is 0.769. The van der Waals surface area contributed by atoms with Crippen LogP contribution in [0.2, 0.25) is 0 Å². The van der Waals surface area contributed by atoms with Crippen LogP contribution in [0.5, 0.6) is 0 Å². The summed E-state index contributed by atoms with van der Waals surface area (Å²) in [7, 11) is 0. The van der Waals surface area contributed by atoms with Crippen molar-refractivity contribution >= 4 is 5.97 Å². The zero-order valence-electron chi connectivity index (χ0n) is 10.00. The van der Waals surface area contributed by atoms with Gasteiger partial charge < -0.3 is 14.2 Å². The molecule has 3 fully saturated rings. The minimum absolute atomic E-state index is 0.202. The lowest BCUT2D eigenvalue weighted by atomic mass is 9.65. The van der Waals surface area contributed by atoms with Crippen LogP contribution in [0.3, 0.4) is 0 Å². The average Bonchev–Trinajstić information content (AvgIpc) is 2.79. The molecule has 0 amide bonds. The lowest BCUT2D eigenvalue weighted by Crippen LogP contribution is -2.56. The van der Waals surface area contributed by atoms with Gasteiger partial charge in [0.1, 0.15) is 6.61 Å². The van der Waals surface area contributed by atoms with Gasteiger partial charge in [0.2, 0.25) is 0 Å². The molecule has 4 heteroatoms. The Morgan fingerprint density at radius 3 is 2.53 bits per heavy atom. The van der Waals surface area contributed by atoms with Gasteiger partial charge >= 0.3 is 5.97 Å². The maximum Gasteiger partial charge on any atom is 0.333 e. The number of hydrogen-bond acceptors (Lipinski definition) is 4. The molecule has 2 heterocycles. The molecular weight excluding hydrogens is 220 g/mol. The molecular formula is C13H18O4. The lowest BCUT2D eigenvalue weighted by Gasteiger charge is -2.51. The van der Waals surface area contributed by atoms with Gasteiger partial charge in [0, 0.05) is 12.0 Å². The zero-order chi connectivity index (χ0) is 11.9. The van der Waals surface area contributed by atoms with E-state index in [1.807, 2.05) is 0 Å². The molecule has 0 aromatic rings. The third kappa shape index (κ3) is 1.54. The van der Waals surface area contributed by atoms with Crippen LogP contribution in [-0.2, 0) is 19.0 Å². The Kier molecular flexibility index (Phi) is 2.52. The van der Waals surface area contributed by atoms with Crippen molar-refractivity contribution in [2.75, 3.05) is 19.8 Å². The first-order valence-corrected chi connectivity index (χ1v) is 6.30. The summed E-state index contributed by atoms with van der Waals surface area (Å²) in [6, 6.07) is 0. The Morgan fingerprint density at radius 2 is 1.82 bits per heavy atom. The van der Waals surface area contributed by atoms with Crippen LogP contribution in [0.25, 0.3) is 0 Å². The first-order chi connectivity index (χ1) is 8.18. The summed E-state index contributed by atoms with van der Waals surface area (Å²) in [5, 5.41) is 0. The standard InChI is InChI=1S/C13H18O4/c1-10-8-12(9-15-11(10)14)4-2-3-5-13(12)16-6-7-17-13/h1-9H2. The van der Waals surface area contributed by atoms with Crippen molar-refractivity contribution in [2.45, 2.75) is 37.9 Å². The largest absolute Gasteiger partial charge is 0.462 e. The van der Waals surface area contributed by atoms with E-state index in [9.17, 15) is 4.79 Å². The van der Waals surface area contributed by atoms with E-state index in [2.05, 4.69) is 6.58 Å². The molecule has 3 rings (SSSR count).